The van der Waals surface area contributed by atoms with Crippen LogP contribution in [0.5, 0.6) is 0 Å². The fourth-order valence-corrected chi connectivity index (χ4v) is 3.47. The predicted molar refractivity (Wildman–Crippen MR) is 87.8 cm³/mol. The van der Waals surface area contributed by atoms with Crippen LogP contribution in [-0.4, -0.2) is 21.5 Å². The van der Waals surface area contributed by atoms with Crippen LogP contribution < -0.4 is 10.0 Å². The summed E-state index contributed by atoms with van der Waals surface area (Å²) < 4.78 is 27.3. The van der Waals surface area contributed by atoms with Crippen LogP contribution in [0.1, 0.15) is 58.1 Å². The summed E-state index contributed by atoms with van der Waals surface area (Å²) >= 11 is 0. The maximum atomic E-state index is 12.3. The van der Waals surface area contributed by atoms with Crippen LogP contribution in [0.15, 0.2) is 29.2 Å². The third-order valence-corrected chi connectivity index (χ3v) is 5.33. The molecule has 5 heteroatoms. The Morgan fingerprint density at radius 2 is 1.71 bits per heavy atom. The monoisotopic (exact) mass is 312 g/mol. The summed E-state index contributed by atoms with van der Waals surface area (Å²) in [7, 11) is -1.53. The average Bonchev–Trinajstić information content (AvgIpc) is 2.46. The highest BCUT2D eigenvalue weighted by Crippen LogP contribution is 2.16. The average molecular weight is 312 g/mol. The van der Waals surface area contributed by atoms with Crippen molar-refractivity contribution in [2.24, 2.45) is 0 Å². The van der Waals surface area contributed by atoms with Gasteiger partial charge in [0.2, 0.25) is 10.0 Å². The molecule has 1 aromatic rings. The quantitative estimate of drug-likeness (QED) is 0.688. The highest BCUT2D eigenvalue weighted by atomic mass is 32.2. The standard InChI is InChI=1S/C16H28N2O2S/c1-5-6-7-8-13(2)18-21(19,20)16-11-9-15(10-12-16)14(3)17-4/h9-14,17-18H,5-8H2,1-4H3. The molecule has 0 heterocycles. The van der Waals surface area contributed by atoms with Gasteiger partial charge in [0.15, 0.2) is 0 Å². The van der Waals surface area contributed by atoms with Crippen molar-refractivity contribution in [2.45, 2.75) is 63.4 Å². The minimum Gasteiger partial charge on any atom is -0.313 e. The van der Waals surface area contributed by atoms with Gasteiger partial charge in [-0.2, -0.15) is 0 Å². The van der Waals surface area contributed by atoms with E-state index >= 15 is 0 Å². The van der Waals surface area contributed by atoms with Crippen LogP contribution in [0.25, 0.3) is 0 Å². The lowest BCUT2D eigenvalue weighted by Gasteiger charge is -2.15. The normalized spacial score (nSPS) is 14.9. The third kappa shape index (κ3) is 5.77. The summed E-state index contributed by atoms with van der Waals surface area (Å²) in [6, 6.07) is 7.24. The van der Waals surface area contributed by atoms with E-state index in [9.17, 15) is 8.42 Å². The van der Waals surface area contributed by atoms with Crippen LogP contribution in [0, 0.1) is 0 Å². The van der Waals surface area contributed by atoms with E-state index in [0.717, 1.165) is 31.2 Å². The zero-order valence-electron chi connectivity index (χ0n) is 13.5. The third-order valence-electron chi connectivity index (χ3n) is 3.72. The lowest BCUT2D eigenvalue weighted by Crippen LogP contribution is -2.32. The molecule has 1 aromatic carbocycles. The van der Waals surface area contributed by atoms with Gasteiger partial charge in [0.1, 0.15) is 0 Å². The molecule has 2 atom stereocenters. The molecule has 21 heavy (non-hydrogen) atoms. The molecule has 2 unspecified atom stereocenters. The minimum atomic E-state index is -3.42. The summed E-state index contributed by atoms with van der Waals surface area (Å²) in [5.41, 5.74) is 1.08. The molecular weight excluding hydrogens is 284 g/mol. The van der Waals surface area contributed by atoms with Crippen molar-refractivity contribution in [3.05, 3.63) is 29.8 Å². The zero-order chi connectivity index (χ0) is 15.9. The summed E-state index contributed by atoms with van der Waals surface area (Å²) in [5, 5.41) is 3.14. The van der Waals surface area contributed by atoms with E-state index < -0.39 is 10.0 Å². The van der Waals surface area contributed by atoms with E-state index in [0.29, 0.717) is 4.90 Å². The molecule has 0 saturated carbocycles. The first-order valence-electron chi connectivity index (χ1n) is 7.70. The second-order valence-electron chi connectivity index (χ2n) is 5.60. The van der Waals surface area contributed by atoms with Crippen LogP contribution in [0.4, 0.5) is 0 Å². The molecule has 0 amide bonds. The number of rotatable bonds is 9. The van der Waals surface area contributed by atoms with Gasteiger partial charge in [-0.1, -0.05) is 38.3 Å². The minimum absolute atomic E-state index is 0.0301. The van der Waals surface area contributed by atoms with E-state index in [2.05, 4.69) is 17.0 Å². The molecule has 0 aliphatic carbocycles. The van der Waals surface area contributed by atoms with Gasteiger partial charge >= 0.3 is 0 Å². The molecule has 4 nitrogen and oxygen atoms in total. The Hall–Kier alpha value is -0.910. The molecule has 0 radical (unpaired) electrons. The van der Waals surface area contributed by atoms with E-state index in [1.165, 1.54) is 0 Å². The Labute approximate surface area is 129 Å². The van der Waals surface area contributed by atoms with E-state index in [4.69, 9.17) is 0 Å². The fourth-order valence-electron chi connectivity index (χ4n) is 2.19. The molecule has 1 rings (SSSR count). The van der Waals surface area contributed by atoms with Gasteiger partial charge in [-0.05, 0) is 45.0 Å². The van der Waals surface area contributed by atoms with Gasteiger partial charge in [0, 0.05) is 12.1 Å². The van der Waals surface area contributed by atoms with Crippen molar-refractivity contribution >= 4 is 10.0 Å². The van der Waals surface area contributed by atoms with Crippen LogP contribution in [0.3, 0.4) is 0 Å². The van der Waals surface area contributed by atoms with Gasteiger partial charge < -0.3 is 5.32 Å². The predicted octanol–water partition coefficient (Wildman–Crippen LogP) is 3.21. The summed E-state index contributed by atoms with van der Waals surface area (Å²) in [4.78, 5) is 0.330. The largest absolute Gasteiger partial charge is 0.313 e. The number of hydrogen-bond donors (Lipinski definition) is 2. The number of nitrogens with one attached hydrogen (secondary N) is 2. The summed E-state index contributed by atoms with van der Waals surface area (Å²) in [5.74, 6) is 0. The molecule has 0 aromatic heterocycles. The lowest BCUT2D eigenvalue weighted by atomic mass is 10.1. The number of sulfonamides is 1. The number of hydrogen-bond acceptors (Lipinski definition) is 3. The maximum Gasteiger partial charge on any atom is 0.240 e. The molecule has 120 valence electrons. The van der Waals surface area contributed by atoms with Gasteiger partial charge in [0.25, 0.3) is 0 Å². The van der Waals surface area contributed by atoms with Crippen LogP contribution in [-0.2, 0) is 10.0 Å². The first-order chi connectivity index (χ1) is 9.90. The topological polar surface area (TPSA) is 58.2 Å². The zero-order valence-corrected chi connectivity index (χ0v) is 14.3. The van der Waals surface area contributed by atoms with Gasteiger partial charge in [-0.25, -0.2) is 13.1 Å². The smallest absolute Gasteiger partial charge is 0.240 e. The van der Waals surface area contributed by atoms with Crippen molar-refractivity contribution in [3.8, 4) is 0 Å². The lowest BCUT2D eigenvalue weighted by molar-refractivity contribution is 0.527. The highest BCUT2D eigenvalue weighted by Gasteiger charge is 2.17. The molecule has 0 fully saturated rings. The molecule has 0 aliphatic heterocycles. The van der Waals surface area contributed by atoms with Gasteiger partial charge in [-0.15, -0.1) is 0 Å². The van der Waals surface area contributed by atoms with Crippen molar-refractivity contribution in [1.82, 2.24) is 10.0 Å². The number of unbranched alkanes of at least 4 members (excludes halogenated alkanes) is 2. The van der Waals surface area contributed by atoms with Gasteiger partial charge in [-0.3, -0.25) is 0 Å². The summed E-state index contributed by atoms with van der Waals surface area (Å²) in [6.07, 6.45) is 4.22. The number of benzene rings is 1. The fraction of sp³-hybridized carbons (Fsp3) is 0.625. The van der Waals surface area contributed by atoms with Crippen LogP contribution in [0.2, 0.25) is 0 Å². The Kier molecular flexibility index (Phi) is 7.35. The molecule has 0 bridgehead atoms. The Bertz CT molecular complexity index is 512. The van der Waals surface area contributed by atoms with E-state index in [1.807, 2.05) is 33.0 Å². The molecule has 0 aliphatic rings. The maximum absolute atomic E-state index is 12.3. The van der Waals surface area contributed by atoms with Crippen molar-refractivity contribution < 1.29 is 8.42 Å². The molecular formula is C16H28N2O2S. The Balaban J connectivity index is 2.69. The van der Waals surface area contributed by atoms with Crippen molar-refractivity contribution in [3.63, 3.8) is 0 Å². The Morgan fingerprint density at radius 1 is 1.10 bits per heavy atom. The first kappa shape index (κ1) is 18.1. The van der Waals surface area contributed by atoms with Crippen molar-refractivity contribution in [1.29, 1.82) is 0 Å². The molecule has 0 spiro atoms. The molecule has 0 saturated heterocycles. The highest BCUT2D eigenvalue weighted by molar-refractivity contribution is 7.89. The van der Waals surface area contributed by atoms with E-state index in [1.54, 1.807) is 12.1 Å². The second-order valence-corrected chi connectivity index (χ2v) is 7.31. The van der Waals surface area contributed by atoms with E-state index in [-0.39, 0.29) is 12.1 Å². The molecule has 2 N–H and O–H groups in total. The van der Waals surface area contributed by atoms with Gasteiger partial charge in [0.05, 0.1) is 4.90 Å². The SMILES string of the molecule is CCCCCC(C)NS(=O)(=O)c1ccc(C(C)NC)cc1. The van der Waals surface area contributed by atoms with Crippen molar-refractivity contribution in [2.75, 3.05) is 7.05 Å². The Morgan fingerprint density at radius 3 is 2.24 bits per heavy atom. The van der Waals surface area contributed by atoms with Crippen LogP contribution >= 0.6 is 0 Å². The first-order valence-corrected chi connectivity index (χ1v) is 9.18. The second kappa shape index (κ2) is 8.51. The summed E-state index contributed by atoms with van der Waals surface area (Å²) in [6.45, 7) is 6.10.